The Bertz CT molecular complexity index is 883. The third-order valence-electron chi connectivity index (χ3n) is 5.20. The van der Waals surface area contributed by atoms with Crippen LogP contribution in [-0.2, 0) is 0 Å². The molecule has 0 atom stereocenters. The van der Waals surface area contributed by atoms with Crippen LogP contribution in [0.5, 0.6) is 0 Å². The Balaban J connectivity index is 1.49. The molecule has 2 heterocycles. The van der Waals surface area contributed by atoms with Crippen LogP contribution in [0.1, 0.15) is 19.3 Å². The minimum absolute atomic E-state index is 0.721. The standard InChI is InChI=1S/C21H25ClN4/c1-25(12-13-26-10-3-2-4-11-26)18-7-5-6-16(14-18)21-23-19-9-8-17(22)15-20(19)24-21/h5-9,14-15H,2-4,10-13H2,1H3,(H,23,24). The number of anilines is 1. The summed E-state index contributed by atoms with van der Waals surface area (Å²) in [5.41, 5.74) is 4.22. The molecule has 136 valence electrons. The van der Waals surface area contributed by atoms with Gasteiger partial charge in [-0.25, -0.2) is 4.98 Å². The van der Waals surface area contributed by atoms with E-state index in [9.17, 15) is 0 Å². The molecule has 0 radical (unpaired) electrons. The lowest BCUT2D eigenvalue weighted by molar-refractivity contribution is 0.234. The Morgan fingerprint density at radius 1 is 1.12 bits per heavy atom. The van der Waals surface area contributed by atoms with Crippen molar-refractivity contribution in [1.82, 2.24) is 14.9 Å². The number of aromatic nitrogens is 2. The van der Waals surface area contributed by atoms with Gasteiger partial charge >= 0.3 is 0 Å². The second-order valence-electron chi connectivity index (χ2n) is 7.12. The van der Waals surface area contributed by atoms with Gasteiger partial charge in [-0.05, 0) is 56.3 Å². The van der Waals surface area contributed by atoms with Gasteiger partial charge in [-0.3, -0.25) is 0 Å². The number of hydrogen-bond donors (Lipinski definition) is 1. The molecule has 0 saturated carbocycles. The lowest BCUT2D eigenvalue weighted by Crippen LogP contribution is -2.36. The number of imidazole rings is 1. The molecule has 1 aromatic heterocycles. The molecule has 1 aliphatic rings. The van der Waals surface area contributed by atoms with Gasteiger partial charge in [0.05, 0.1) is 11.0 Å². The molecule has 2 aromatic carbocycles. The molecule has 0 unspecified atom stereocenters. The van der Waals surface area contributed by atoms with Gasteiger partial charge in [-0.15, -0.1) is 0 Å². The van der Waals surface area contributed by atoms with Gasteiger partial charge in [0.15, 0.2) is 0 Å². The van der Waals surface area contributed by atoms with E-state index in [1.165, 1.54) is 38.0 Å². The maximum absolute atomic E-state index is 6.08. The van der Waals surface area contributed by atoms with Crippen molar-refractivity contribution in [3.05, 3.63) is 47.5 Å². The molecule has 3 aromatic rings. The van der Waals surface area contributed by atoms with Crippen molar-refractivity contribution in [3.8, 4) is 11.4 Å². The first-order valence-electron chi connectivity index (χ1n) is 9.38. The van der Waals surface area contributed by atoms with Crippen molar-refractivity contribution in [2.75, 3.05) is 38.1 Å². The normalized spacial score (nSPS) is 15.5. The molecule has 1 fully saturated rings. The molecule has 0 aliphatic carbocycles. The molecular weight excluding hydrogens is 344 g/mol. The van der Waals surface area contributed by atoms with Crippen LogP contribution < -0.4 is 4.90 Å². The number of piperidine rings is 1. The number of rotatable bonds is 5. The average molecular weight is 369 g/mol. The van der Waals surface area contributed by atoms with E-state index in [0.717, 1.165) is 40.5 Å². The molecule has 0 amide bonds. The Kier molecular flexibility index (Phi) is 5.14. The van der Waals surface area contributed by atoms with E-state index in [4.69, 9.17) is 16.6 Å². The summed E-state index contributed by atoms with van der Waals surface area (Å²) in [4.78, 5) is 13.0. The molecule has 1 saturated heterocycles. The number of hydrogen-bond acceptors (Lipinski definition) is 3. The van der Waals surface area contributed by atoms with Gasteiger partial charge in [0, 0.05) is 36.4 Å². The molecule has 4 nitrogen and oxygen atoms in total. The maximum atomic E-state index is 6.08. The topological polar surface area (TPSA) is 35.2 Å². The third kappa shape index (κ3) is 3.87. The Hall–Kier alpha value is -2.04. The SMILES string of the molecule is CN(CCN1CCCCC1)c1cccc(-c2nc3ccc(Cl)cc3[nH]2)c1. The highest BCUT2D eigenvalue weighted by Crippen LogP contribution is 2.26. The summed E-state index contributed by atoms with van der Waals surface area (Å²) in [6.07, 6.45) is 4.07. The zero-order valence-electron chi connectivity index (χ0n) is 15.2. The largest absolute Gasteiger partial charge is 0.373 e. The van der Waals surface area contributed by atoms with Crippen LogP contribution in [0.15, 0.2) is 42.5 Å². The first-order chi connectivity index (χ1) is 12.7. The molecule has 0 bridgehead atoms. The van der Waals surface area contributed by atoms with Crippen LogP contribution in [0.2, 0.25) is 5.02 Å². The van der Waals surface area contributed by atoms with Crippen LogP contribution in [0.3, 0.4) is 0 Å². The summed E-state index contributed by atoms with van der Waals surface area (Å²) < 4.78 is 0. The highest BCUT2D eigenvalue weighted by Gasteiger charge is 2.12. The molecule has 1 N–H and O–H groups in total. The number of halogens is 1. The number of nitrogens with zero attached hydrogens (tertiary/aromatic N) is 3. The first-order valence-corrected chi connectivity index (χ1v) is 9.76. The van der Waals surface area contributed by atoms with E-state index in [-0.39, 0.29) is 0 Å². The molecule has 0 spiro atoms. The third-order valence-corrected chi connectivity index (χ3v) is 5.44. The van der Waals surface area contributed by atoms with Crippen LogP contribution in [0, 0.1) is 0 Å². The fourth-order valence-electron chi connectivity index (χ4n) is 3.61. The van der Waals surface area contributed by atoms with E-state index in [2.05, 4.69) is 46.1 Å². The minimum Gasteiger partial charge on any atom is -0.373 e. The Labute approximate surface area is 159 Å². The number of benzene rings is 2. The van der Waals surface area contributed by atoms with Gasteiger partial charge in [-0.1, -0.05) is 30.2 Å². The molecular formula is C21H25ClN4. The molecule has 1 aliphatic heterocycles. The minimum atomic E-state index is 0.721. The monoisotopic (exact) mass is 368 g/mol. The van der Waals surface area contributed by atoms with Gasteiger partial charge in [-0.2, -0.15) is 0 Å². The quantitative estimate of drug-likeness (QED) is 0.702. The Morgan fingerprint density at radius 3 is 2.81 bits per heavy atom. The predicted octanol–water partition coefficient (Wildman–Crippen LogP) is 4.81. The highest BCUT2D eigenvalue weighted by molar-refractivity contribution is 6.31. The van der Waals surface area contributed by atoms with Crippen LogP contribution in [-0.4, -0.2) is 48.1 Å². The number of aromatic amines is 1. The van der Waals surface area contributed by atoms with Crippen LogP contribution >= 0.6 is 11.6 Å². The summed E-state index contributed by atoms with van der Waals surface area (Å²) in [6, 6.07) is 14.3. The zero-order chi connectivity index (χ0) is 17.9. The lowest BCUT2D eigenvalue weighted by atomic mass is 10.1. The van der Waals surface area contributed by atoms with Crippen molar-refractivity contribution in [3.63, 3.8) is 0 Å². The number of nitrogens with one attached hydrogen (secondary N) is 1. The van der Waals surface area contributed by atoms with E-state index < -0.39 is 0 Å². The fourth-order valence-corrected chi connectivity index (χ4v) is 3.78. The summed E-state index contributed by atoms with van der Waals surface area (Å²) in [5.74, 6) is 0.883. The zero-order valence-corrected chi connectivity index (χ0v) is 16.0. The van der Waals surface area contributed by atoms with Gasteiger partial charge in [0.2, 0.25) is 0 Å². The summed E-state index contributed by atoms with van der Waals surface area (Å²) in [5, 5.41) is 0.721. The average Bonchev–Trinajstić information content (AvgIpc) is 3.10. The lowest BCUT2D eigenvalue weighted by Gasteiger charge is -2.29. The second kappa shape index (κ2) is 7.68. The van der Waals surface area contributed by atoms with Crippen molar-refractivity contribution < 1.29 is 0 Å². The maximum Gasteiger partial charge on any atom is 0.138 e. The van der Waals surface area contributed by atoms with Gasteiger partial charge < -0.3 is 14.8 Å². The predicted molar refractivity (Wildman–Crippen MR) is 110 cm³/mol. The summed E-state index contributed by atoms with van der Waals surface area (Å²) in [7, 11) is 2.17. The molecule has 4 rings (SSSR count). The van der Waals surface area contributed by atoms with Crippen molar-refractivity contribution in [2.45, 2.75) is 19.3 Å². The number of H-pyrrole nitrogens is 1. The fraction of sp³-hybridized carbons (Fsp3) is 0.381. The number of likely N-dealkylation sites (N-methyl/N-ethyl adjacent to an activating group) is 1. The highest BCUT2D eigenvalue weighted by atomic mass is 35.5. The number of likely N-dealkylation sites (tertiary alicyclic amines) is 1. The van der Waals surface area contributed by atoms with Gasteiger partial charge in [0.1, 0.15) is 5.82 Å². The summed E-state index contributed by atoms with van der Waals surface area (Å²) >= 11 is 6.08. The van der Waals surface area contributed by atoms with Crippen molar-refractivity contribution in [2.24, 2.45) is 0 Å². The van der Waals surface area contributed by atoms with E-state index in [1.807, 2.05) is 18.2 Å². The van der Waals surface area contributed by atoms with E-state index >= 15 is 0 Å². The number of fused-ring (bicyclic) bond motifs is 1. The van der Waals surface area contributed by atoms with E-state index in [0.29, 0.717) is 0 Å². The van der Waals surface area contributed by atoms with Crippen molar-refractivity contribution in [1.29, 1.82) is 0 Å². The van der Waals surface area contributed by atoms with Crippen LogP contribution in [0.25, 0.3) is 22.4 Å². The van der Waals surface area contributed by atoms with Gasteiger partial charge in [0.25, 0.3) is 0 Å². The summed E-state index contributed by atoms with van der Waals surface area (Å²) in [6.45, 7) is 4.66. The molecule has 26 heavy (non-hydrogen) atoms. The Morgan fingerprint density at radius 2 is 1.96 bits per heavy atom. The van der Waals surface area contributed by atoms with Crippen LogP contribution in [0.4, 0.5) is 5.69 Å². The smallest absolute Gasteiger partial charge is 0.138 e. The van der Waals surface area contributed by atoms with E-state index in [1.54, 1.807) is 0 Å². The first kappa shape index (κ1) is 17.4. The second-order valence-corrected chi connectivity index (χ2v) is 7.56. The molecule has 5 heteroatoms. The van der Waals surface area contributed by atoms with Crippen molar-refractivity contribution >= 4 is 28.3 Å².